The highest BCUT2D eigenvalue weighted by Gasteiger charge is 2.26. The molecule has 1 aliphatic rings. The fourth-order valence-electron chi connectivity index (χ4n) is 2.92. The van der Waals surface area contributed by atoms with Gasteiger partial charge in [0.25, 0.3) is 0 Å². The van der Waals surface area contributed by atoms with Crippen molar-refractivity contribution < 1.29 is 4.74 Å². The number of morpholine rings is 1. The average molecular weight is 288 g/mol. The minimum absolute atomic E-state index is 0.348. The van der Waals surface area contributed by atoms with Gasteiger partial charge in [-0.1, -0.05) is 19.1 Å². The molecule has 0 amide bonds. The quantitative estimate of drug-likeness (QED) is 0.852. The van der Waals surface area contributed by atoms with E-state index < -0.39 is 0 Å². The summed E-state index contributed by atoms with van der Waals surface area (Å²) in [4.78, 5) is 7.20. The van der Waals surface area contributed by atoms with Crippen molar-refractivity contribution in [3.8, 4) is 0 Å². The van der Waals surface area contributed by atoms with E-state index in [0.29, 0.717) is 6.04 Å². The molecule has 5 heteroatoms. The number of hydrogen-bond acceptors (Lipinski definition) is 4. The largest absolute Gasteiger partial charge is 0.377 e. The van der Waals surface area contributed by atoms with E-state index in [-0.39, 0.29) is 0 Å². The zero-order valence-corrected chi connectivity index (χ0v) is 12.9. The number of para-hydroxylation sites is 2. The molecule has 1 aromatic heterocycles. The topological polar surface area (TPSA) is 42.3 Å². The van der Waals surface area contributed by atoms with Gasteiger partial charge in [0.2, 0.25) is 5.95 Å². The molecule has 0 spiro atoms. The Morgan fingerprint density at radius 2 is 2.24 bits per heavy atom. The van der Waals surface area contributed by atoms with Crippen molar-refractivity contribution >= 4 is 17.0 Å². The van der Waals surface area contributed by atoms with E-state index in [1.165, 1.54) is 5.52 Å². The van der Waals surface area contributed by atoms with Gasteiger partial charge in [-0.15, -0.1) is 0 Å². The van der Waals surface area contributed by atoms with Crippen LogP contribution in [0.4, 0.5) is 5.95 Å². The van der Waals surface area contributed by atoms with E-state index in [1.807, 2.05) is 6.07 Å². The lowest BCUT2D eigenvalue weighted by molar-refractivity contribution is 0.0927. The Kier molecular flexibility index (Phi) is 4.41. The van der Waals surface area contributed by atoms with Crippen LogP contribution >= 0.6 is 0 Å². The number of imidazole rings is 1. The van der Waals surface area contributed by atoms with Crippen molar-refractivity contribution in [2.75, 3.05) is 37.7 Å². The summed E-state index contributed by atoms with van der Waals surface area (Å²) in [5.74, 6) is 1.04. The second kappa shape index (κ2) is 6.45. The van der Waals surface area contributed by atoms with Gasteiger partial charge in [0.15, 0.2) is 0 Å². The molecule has 3 rings (SSSR count). The van der Waals surface area contributed by atoms with Crippen LogP contribution < -0.4 is 10.2 Å². The number of aryl methyl sites for hydroxylation is 1. The first kappa shape index (κ1) is 14.4. The molecular weight excluding hydrogens is 264 g/mol. The Balaban J connectivity index is 1.85. The highest BCUT2D eigenvalue weighted by molar-refractivity contribution is 5.78. The summed E-state index contributed by atoms with van der Waals surface area (Å²) in [6, 6.07) is 8.65. The second-order valence-corrected chi connectivity index (χ2v) is 5.59. The number of fused-ring (bicyclic) bond motifs is 1. The number of ether oxygens (including phenoxy) is 1. The molecule has 0 saturated carbocycles. The molecule has 1 atom stereocenters. The second-order valence-electron chi connectivity index (χ2n) is 5.59. The Bertz CT molecular complexity index is 595. The van der Waals surface area contributed by atoms with Gasteiger partial charge in [-0.3, -0.25) is 0 Å². The lowest BCUT2D eigenvalue weighted by Crippen LogP contribution is -2.51. The number of aromatic nitrogens is 2. The molecule has 21 heavy (non-hydrogen) atoms. The number of anilines is 1. The van der Waals surface area contributed by atoms with Crippen molar-refractivity contribution in [2.24, 2.45) is 7.05 Å². The highest BCUT2D eigenvalue weighted by Crippen LogP contribution is 2.23. The van der Waals surface area contributed by atoms with Crippen LogP contribution in [-0.4, -0.2) is 48.4 Å². The molecule has 114 valence electrons. The highest BCUT2D eigenvalue weighted by atomic mass is 16.5. The standard InChI is InChI=1S/C16H24N4O/c1-3-8-17-11-13-12-21-10-9-20(13)16-18-14-6-4-5-7-15(14)19(16)2/h4-7,13,17H,3,8-12H2,1-2H3. The minimum Gasteiger partial charge on any atom is -0.377 e. The van der Waals surface area contributed by atoms with Gasteiger partial charge in [-0.2, -0.15) is 0 Å². The Hall–Kier alpha value is -1.59. The van der Waals surface area contributed by atoms with Crippen molar-refractivity contribution in [3.63, 3.8) is 0 Å². The van der Waals surface area contributed by atoms with Crippen molar-refractivity contribution in [1.29, 1.82) is 0 Å². The summed E-state index contributed by atoms with van der Waals surface area (Å²) in [6.45, 7) is 6.61. The van der Waals surface area contributed by atoms with Crippen LogP contribution in [0.15, 0.2) is 24.3 Å². The summed E-state index contributed by atoms with van der Waals surface area (Å²) in [5, 5.41) is 3.50. The maximum Gasteiger partial charge on any atom is 0.206 e. The van der Waals surface area contributed by atoms with Gasteiger partial charge in [-0.25, -0.2) is 4.98 Å². The van der Waals surface area contributed by atoms with Crippen LogP contribution in [0, 0.1) is 0 Å². The first-order valence-corrected chi connectivity index (χ1v) is 7.78. The predicted octanol–water partition coefficient (Wildman–Crippen LogP) is 1.78. The van der Waals surface area contributed by atoms with Crippen LogP contribution in [0.1, 0.15) is 13.3 Å². The van der Waals surface area contributed by atoms with Crippen molar-refractivity contribution in [2.45, 2.75) is 19.4 Å². The van der Waals surface area contributed by atoms with E-state index in [1.54, 1.807) is 0 Å². The van der Waals surface area contributed by atoms with Crippen molar-refractivity contribution in [3.05, 3.63) is 24.3 Å². The first-order valence-electron chi connectivity index (χ1n) is 7.78. The molecule has 1 aromatic carbocycles. The maximum absolute atomic E-state index is 5.66. The molecule has 1 saturated heterocycles. The summed E-state index contributed by atoms with van der Waals surface area (Å²) < 4.78 is 7.85. The molecule has 1 unspecified atom stereocenters. The predicted molar refractivity (Wildman–Crippen MR) is 85.8 cm³/mol. The minimum atomic E-state index is 0.348. The monoisotopic (exact) mass is 288 g/mol. The molecule has 0 radical (unpaired) electrons. The van der Waals surface area contributed by atoms with Crippen LogP contribution in [0.3, 0.4) is 0 Å². The maximum atomic E-state index is 5.66. The molecule has 1 fully saturated rings. The molecule has 2 aromatic rings. The van der Waals surface area contributed by atoms with Gasteiger partial charge in [-0.05, 0) is 25.1 Å². The smallest absolute Gasteiger partial charge is 0.206 e. The number of hydrogen-bond donors (Lipinski definition) is 1. The van der Waals surface area contributed by atoms with E-state index in [2.05, 4.69) is 47.0 Å². The normalized spacial score (nSPS) is 19.3. The molecule has 1 N–H and O–H groups in total. The number of rotatable bonds is 5. The summed E-state index contributed by atoms with van der Waals surface area (Å²) in [6.07, 6.45) is 1.15. The van der Waals surface area contributed by atoms with E-state index >= 15 is 0 Å². The zero-order valence-electron chi connectivity index (χ0n) is 12.9. The van der Waals surface area contributed by atoms with Gasteiger partial charge in [0, 0.05) is 20.1 Å². The van der Waals surface area contributed by atoms with Crippen LogP contribution in [0.2, 0.25) is 0 Å². The third-order valence-corrected chi connectivity index (χ3v) is 4.05. The molecule has 0 aliphatic carbocycles. The number of nitrogens with zero attached hydrogens (tertiary/aromatic N) is 3. The van der Waals surface area contributed by atoms with E-state index in [9.17, 15) is 0 Å². The van der Waals surface area contributed by atoms with E-state index in [0.717, 1.165) is 50.7 Å². The first-order chi connectivity index (χ1) is 10.3. The number of nitrogens with one attached hydrogen (secondary N) is 1. The fourth-order valence-corrected chi connectivity index (χ4v) is 2.92. The molecule has 0 bridgehead atoms. The molecule has 5 nitrogen and oxygen atoms in total. The summed E-state index contributed by atoms with van der Waals surface area (Å²) in [7, 11) is 2.09. The lowest BCUT2D eigenvalue weighted by Gasteiger charge is -2.36. The Morgan fingerprint density at radius 1 is 1.38 bits per heavy atom. The van der Waals surface area contributed by atoms with Crippen LogP contribution in [-0.2, 0) is 11.8 Å². The SMILES string of the molecule is CCCNCC1COCCN1c1nc2ccccc2n1C. The third-order valence-electron chi connectivity index (χ3n) is 4.05. The molecule has 2 heterocycles. The summed E-state index contributed by atoms with van der Waals surface area (Å²) >= 11 is 0. The van der Waals surface area contributed by atoms with Gasteiger partial charge in [0.05, 0.1) is 30.3 Å². The lowest BCUT2D eigenvalue weighted by atomic mass is 10.2. The van der Waals surface area contributed by atoms with Crippen LogP contribution in [0.25, 0.3) is 11.0 Å². The molecule has 1 aliphatic heterocycles. The summed E-state index contributed by atoms with van der Waals surface area (Å²) in [5.41, 5.74) is 2.24. The van der Waals surface area contributed by atoms with Gasteiger partial charge < -0.3 is 19.5 Å². The Labute approximate surface area is 125 Å². The Morgan fingerprint density at radius 3 is 3.05 bits per heavy atom. The van der Waals surface area contributed by atoms with Gasteiger partial charge in [0.1, 0.15) is 0 Å². The van der Waals surface area contributed by atoms with Crippen molar-refractivity contribution in [1.82, 2.24) is 14.9 Å². The third kappa shape index (κ3) is 2.89. The molecular formula is C16H24N4O. The average Bonchev–Trinajstić information content (AvgIpc) is 2.86. The zero-order chi connectivity index (χ0) is 14.7. The number of benzene rings is 1. The fraction of sp³-hybridized carbons (Fsp3) is 0.562. The van der Waals surface area contributed by atoms with Crippen LogP contribution in [0.5, 0.6) is 0 Å². The van der Waals surface area contributed by atoms with Gasteiger partial charge >= 0.3 is 0 Å². The van der Waals surface area contributed by atoms with E-state index in [4.69, 9.17) is 9.72 Å².